The molecule has 0 saturated carbocycles. The van der Waals surface area contributed by atoms with Crippen LogP contribution in [0.15, 0.2) is 6.33 Å². The Hall–Kier alpha value is -1.96. The summed E-state index contributed by atoms with van der Waals surface area (Å²) in [5, 5.41) is 15.5. The zero-order valence-electron chi connectivity index (χ0n) is 11.4. The third-order valence-electron chi connectivity index (χ3n) is 2.57. The Morgan fingerprint density at radius 1 is 1.42 bits per heavy atom. The first-order valence-corrected chi connectivity index (χ1v) is 6.27. The van der Waals surface area contributed by atoms with Gasteiger partial charge in [-0.3, -0.25) is 15.4 Å². The summed E-state index contributed by atoms with van der Waals surface area (Å²) in [6.45, 7) is 7.10. The van der Waals surface area contributed by atoms with Crippen LogP contribution >= 0.6 is 0 Å². The molecule has 1 unspecified atom stereocenters. The molecular formula is C11H20N6O2. The molecular weight excluding hydrogens is 248 g/mol. The van der Waals surface area contributed by atoms with Gasteiger partial charge in [0.25, 0.3) is 0 Å². The molecule has 0 aliphatic rings. The number of hydrogen-bond acceptors (Lipinski definition) is 5. The number of aromatic nitrogens is 3. The van der Waals surface area contributed by atoms with Crippen LogP contribution in [-0.2, 0) is 17.9 Å². The SMILES string of the molecule is CCNC(=O)NC(=O)C(C)NCc1nncn1CC. The zero-order valence-corrected chi connectivity index (χ0v) is 11.4. The summed E-state index contributed by atoms with van der Waals surface area (Å²) in [5.41, 5.74) is 0. The lowest BCUT2D eigenvalue weighted by Crippen LogP contribution is -2.48. The van der Waals surface area contributed by atoms with Crippen molar-refractivity contribution in [3.05, 3.63) is 12.2 Å². The van der Waals surface area contributed by atoms with Crippen LogP contribution in [0.3, 0.4) is 0 Å². The van der Waals surface area contributed by atoms with E-state index in [1.807, 2.05) is 11.5 Å². The van der Waals surface area contributed by atoms with Gasteiger partial charge in [0.2, 0.25) is 5.91 Å². The Morgan fingerprint density at radius 2 is 2.16 bits per heavy atom. The topological polar surface area (TPSA) is 101 Å². The van der Waals surface area contributed by atoms with Crippen molar-refractivity contribution in [3.8, 4) is 0 Å². The average Bonchev–Trinajstić information content (AvgIpc) is 2.83. The summed E-state index contributed by atoms with van der Waals surface area (Å²) in [4.78, 5) is 22.9. The highest BCUT2D eigenvalue weighted by atomic mass is 16.2. The van der Waals surface area contributed by atoms with E-state index in [1.165, 1.54) is 0 Å². The highest BCUT2D eigenvalue weighted by molar-refractivity contribution is 5.96. The second-order valence-electron chi connectivity index (χ2n) is 3.98. The molecule has 0 spiro atoms. The van der Waals surface area contributed by atoms with E-state index >= 15 is 0 Å². The molecule has 0 aliphatic heterocycles. The van der Waals surface area contributed by atoms with E-state index in [4.69, 9.17) is 0 Å². The molecule has 8 nitrogen and oxygen atoms in total. The Balaban J connectivity index is 2.40. The predicted octanol–water partition coefficient (Wildman–Crippen LogP) is -0.378. The number of carbonyl (C=O) groups is 2. The summed E-state index contributed by atoms with van der Waals surface area (Å²) in [6, 6.07) is -0.984. The highest BCUT2D eigenvalue weighted by Gasteiger charge is 2.15. The number of rotatable bonds is 6. The van der Waals surface area contributed by atoms with Crippen molar-refractivity contribution in [2.75, 3.05) is 6.54 Å². The molecule has 8 heteroatoms. The fraction of sp³-hybridized carbons (Fsp3) is 0.636. The fourth-order valence-corrected chi connectivity index (χ4v) is 1.44. The van der Waals surface area contributed by atoms with Crippen LogP contribution in [0.2, 0.25) is 0 Å². The first-order valence-electron chi connectivity index (χ1n) is 6.27. The summed E-state index contributed by atoms with van der Waals surface area (Å²) >= 11 is 0. The molecule has 0 radical (unpaired) electrons. The second kappa shape index (κ2) is 7.47. The number of carbonyl (C=O) groups excluding carboxylic acids is 2. The highest BCUT2D eigenvalue weighted by Crippen LogP contribution is 1.95. The van der Waals surface area contributed by atoms with E-state index in [0.717, 1.165) is 12.4 Å². The van der Waals surface area contributed by atoms with Gasteiger partial charge in [-0.1, -0.05) is 0 Å². The van der Waals surface area contributed by atoms with Gasteiger partial charge in [0, 0.05) is 13.1 Å². The largest absolute Gasteiger partial charge is 0.338 e. The minimum absolute atomic E-state index is 0.381. The van der Waals surface area contributed by atoms with E-state index in [9.17, 15) is 9.59 Å². The van der Waals surface area contributed by atoms with Crippen LogP contribution in [0, 0.1) is 0 Å². The summed E-state index contributed by atoms with van der Waals surface area (Å²) < 4.78 is 1.88. The van der Waals surface area contributed by atoms with E-state index in [1.54, 1.807) is 20.2 Å². The minimum Gasteiger partial charge on any atom is -0.338 e. The van der Waals surface area contributed by atoms with Gasteiger partial charge in [-0.15, -0.1) is 10.2 Å². The first-order chi connectivity index (χ1) is 9.08. The Labute approximate surface area is 112 Å². The van der Waals surface area contributed by atoms with Crippen molar-refractivity contribution < 1.29 is 9.59 Å². The molecule has 1 heterocycles. The number of aryl methyl sites for hydroxylation is 1. The van der Waals surface area contributed by atoms with Gasteiger partial charge < -0.3 is 9.88 Å². The van der Waals surface area contributed by atoms with Gasteiger partial charge in [-0.25, -0.2) is 4.79 Å². The normalized spacial score (nSPS) is 11.9. The molecule has 1 aromatic heterocycles. The van der Waals surface area contributed by atoms with Crippen molar-refractivity contribution in [3.63, 3.8) is 0 Å². The number of amides is 3. The molecule has 1 atom stereocenters. The quantitative estimate of drug-likeness (QED) is 0.653. The lowest BCUT2D eigenvalue weighted by molar-refractivity contribution is -0.121. The molecule has 19 heavy (non-hydrogen) atoms. The molecule has 0 aromatic carbocycles. The van der Waals surface area contributed by atoms with Gasteiger partial charge in [0.05, 0.1) is 12.6 Å². The summed E-state index contributed by atoms with van der Waals surface area (Å²) in [5.74, 6) is 0.369. The Bertz CT molecular complexity index is 431. The van der Waals surface area contributed by atoms with Gasteiger partial charge in [0.1, 0.15) is 12.2 Å². The van der Waals surface area contributed by atoms with Crippen LogP contribution in [0.5, 0.6) is 0 Å². The van der Waals surface area contributed by atoms with Gasteiger partial charge in [-0.05, 0) is 20.8 Å². The van der Waals surface area contributed by atoms with Crippen molar-refractivity contribution in [2.24, 2.45) is 0 Å². The zero-order chi connectivity index (χ0) is 14.3. The van der Waals surface area contributed by atoms with Gasteiger partial charge >= 0.3 is 6.03 Å². The Morgan fingerprint density at radius 3 is 2.79 bits per heavy atom. The lowest BCUT2D eigenvalue weighted by atomic mass is 10.3. The fourth-order valence-electron chi connectivity index (χ4n) is 1.44. The maximum atomic E-state index is 11.7. The standard InChI is InChI=1S/C11H20N6O2/c1-4-12-11(19)15-10(18)8(3)13-6-9-16-14-7-17(9)5-2/h7-8,13H,4-6H2,1-3H3,(H2,12,15,18,19). The molecule has 106 valence electrons. The van der Waals surface area contributed by atoms with Gasteiger partial charge in [-0.2, -0.15) is 0 Å². The van der Waals surface area contributed by atoms with Crippen molar-refractivity contribution in [1.29, 1.82) is 0 Å². The second-order valence-corrected chi connectivity index (χ2v) is 3.98. The number of imide groups is 1. The number of nitrogens with zero attached hydrogens (tertiary/aromatic N) is 3. The smallest absolute Gasteiger partial charge is 0.321 e. The van der Waals surface area contributed by atoms with Crippen LogP contribution in [0.1, 0.15) is 26.6 Å². The lowest BCUT2D eigenvalue weighted by Gasteiger charge is -2.13. The molecule has 0 fully saturated rings. The Kier molecular flexibility index (Phi) is 5.94. The minimum atomic E-state index is -0.496. The molecule has 0 bridgehead atoms. The van der Waals surface area contributed by atoms with Crippen molar-refractivity contribution >= 4 is 11.9 Å². The number of hydrogen-bond donors (Lipinski definition) is 3. The molecule has 3 N–H and O–H groups in total. The molecule has 0 aliphatic carbocycles. The number of nitrogens with one attached hydrogen (secondary N) is 3. The third-order valence-corrected chi connectivity index (χ3v) is 2.57. The molecule has 1 aromatic rings. The summed E-state index contributed by atoms with van der Waals surface area (Å²) in [6.07, 6.45) is 1.64. The molecule has 3 amide bonds. The van der Waals surface area contributed by atoms with Crippen LogP contribution < -0.4 is 16.0 Å². The first kappa shape index (κ1) is 15.1. The maximum Gasteiger partial charge on any atom is 0.321 e. The van der Waals surface area contributed by atoms with E-state index in [2.05, 4.69) is 26.1 Å². The molecule has 0 saturated heterocycles. The van der Waals surface area contributed by atoms with E-state index in [-0.39, 0.29) is 5.91 Å². The van der Waals surface area contributed by atoms with Crippen LogP contribution in [-0.4, -0.2) is 39.3 Å². The summed E-state index contributed by atoms with van der Waals surface area (Å²) in [7, 11) is 0. The monoisotopic (exact) mass is 268 g/mol. The number of urea groups is 1. The van der Waals surface area contributed by atoms with Crippen LogP contribution in [0.25, 0.3) is 0 Å². The van der Waals surface area contributed by atoms with Gasteiger partial charge in [0.15, 0.2) is 0 Å². The average molecular weight is 268 g/mol. The molecule has 1 rings (SSSR count). The van der Waals surface area contributed by atoms with Crippen LogP contribution in [0.4, 0.5) is 4.79 Å². The van der Waals surface area contributed by atoms with Crippen molar-refractivity contribution in [2.45, 2.75) is 39.9 Å². The van der Waals surface area contributed by atoms with Crippen molar-refractivity contribution in [1.82, 2.24) is 30.7 Å². The van der Waals surface area contributed by atoms with E-state index < -0.39 is 12.1 Å². The third kappa shape index (κ3) is 4.66. The predicted molar refractivity (Wildman–Crippen MR) is 69.2 cm³/mol. The maximum absolute atomic E-state index is 11.7. The van der Waals surface area contributed by atoms with E-state index in [0.29, 0.717) is 13.1 Å².